The topological polar surface area (TPSA) is 55.8 Å². The molecule has 0 aliphatic carbocycles. The van der Waals surface area contributed by atoms with Crippen molar-refractivity contribution in [2.75, 3.05) is 6.61 Å². The molecule has 2 aromatic rings. The molecular weight excluding hydrogens is 280 g/mol. The van der Waals surface area contributed by atoms with Crippen LogP contribution in [0.15, 0.2) is 48.5 Å². The molecule has 2 aromatic carbocycles. The summed E-state index contributed by atoms with van der Waals surface area (Å²) in [5, 5.41) is 10.1. The Morgan fingerprint density at radius 1 is 1.15 bits per heavy atom. The van der Waals surface area contributed by atoms with Crippen LogP contribution in [0.3, 0.4) is 0 Å². The summed E-state index contributed by atoms with van der Waals surface area (Å²) in [6.07, 6.45) is 0. The number of carbonyl (C=O) groups is 1. The molecule has 0 heterocycles. The third-order valence-corrected chi connectivity index (χ3v) is 2.73. The molecule has 0 saturated carbocycles. The molecule has 1 N–H and O–H groups in total. The lowest BCUT2D eigenvalue weighted by atomic mass is 10.2. The second-order valence-electron chi connectivity index (χ2n) is 4.05. The van der Waals surface area contributed by atoms with Crippen molar-refractivity contribution < 1.29 is 19.4 Å². The molecule has 2 rings (SSSR count). The molecule has 20 heavy (non-hydrogen) atoms. The number of hydrogen-bond donors (Lipinski definition) is 1. The number of para-hydroxylation sites is 2. The first-order chi connectivity index (χ1) is 9.65. The number of benzene rings is 2. The highest BCUT2D eigenvalue weighted by atomic mass is 35.5. The number of halogens is 1. The number of esters is 1. The van der Waals surface area contributed by atoms with Crippen LogP contribution < -0.4 is 4.74 Å². The Balaban J connectivity index is 1.80. The van der Waals surface area contributed by atoms with Gasteiger partial charge < -0.3 is 14.6 Å². The fourth-order valence-corrected chi connectivity index (χ4v) is 1.76. The Morgan fingerprint density at radius 2 is 1.95 bits per heavy atom. The second-order valence-corrected chi connectivity index (χ2v) is 4.48. The maximum Gasteiger partial charge on any atom is 0.344 e. The molecule has 0 amide bonds. The van der Waals surface area contributed by atoms with Crippen molar-refractivity contribution in [3.63, 3.8) is 0 Å². The molecule has 0 fully saturated rings. The minimum atomic E-state index is -0.520. The quantitative estimate of drug-likeness (QED) is 0.860. The highest BCUT2D eigenvalue weighted by Crippen LogP contribution is 2.24. The SMILES string of the molecule is O=C(COc1ccccc1O)OCc1cccc(Cl)c1. The van der Waals surface area contributed by atoms with Gasteiger partial charge in [-0.25, -0.2) is 4.79 Å². The van der Waals surface area contributed by atoms with E-state index in [-0.39, 0.29) is 24.7 Å². The Labute approximate surface area is 121 Å². The zero-order chi connectivity index (χ0) is 14.4. The maximum absolute atomic E-state index is 11.5. The summed E-state index contributed by atoms with van der Waals surface area (Å²) in [6.45, 7) is -0.137. The summed E-state index contributed by atoms with van der Waals surface area (Å²) in [5.41, 5.74) is 0.799. The van der Waals surface area contributed by atoms with Crippen molar-refractivity contribution in [3.8, 4) is 11.5 Å². The number of rotatable bonds is 5. The van der Waals surface area contributed by atoms with Crippen LogP contribution in [0.5, 0.6) is 11.5 Å². The lowest BCUT2D eigenvalue weighted by Gasteiger charge is -2.08. The van der Waals surface area contributed by atoms with Gasteiger partial charge in [-0.2, -0.15) is 0 Å². The molecular formula is C15H13ClO4. The van der Waals surface area contributed by atoms with Crippen molar-refractivity contribution in [3.05, 3.63) is 59.1 Å². The Kier molecular flexibility index (Phi) is 4.85. The smallest absolute Gasteiger partial charge is 0.344 e. The number of ether oxygens (including phenoxy) is 2. The summed E-state index contributed by atoms with van der Waals surface area (Å²) in [4.78, 5) is 11.5. The second kappa shape index (κ2) is 6.82. The Morgan fingerprint density at radius 3 is 2.70 bits per heavy atom. The Hall–Kier alpha value is -2.20. The van der Waals surface area contributed by atoms with E-state index in [9.17, 15) is 9.90 Å². The first kappa shape index (κ1) is 14.2. The zero-order valence-corrected chi connectivity index (χ0v) is 11.3. The average Bonchev–Trinajstić information content (AvgIpc) is 2.44. The van der Waals surface area contributed by atoms with E-state index in [1.807, 2.05) is 6.07 Å². The van der Waals surface area contributed by atoms with Crippen molar-refractivity contribution >= 4 is 17.6 Å². The zero-order valence-electron chi connectivity index (χ0n) is 10.6. The molecule has 0 unspecified atom stereocenters. The number of carbonyl (C=O) groups excluding carboxylic acids is 1. The largest absolute Gasteiger partial charge is 0.504 e. The average molecular weight is 293 g/mol. The fourth-order valence-electron chi connectivity index (χ4n) is 1.55. The van der Waals surface area contributed by atoms with E-state index >= 15 is 0 Å². The molecule has 0 aliphatic rings. The van der Waals surface area contributed by atoms with E-state index in [0.29, 0.717) is 5.02 Å². The molecule has 0 spiro atoms. The summed E-state index contributed by atoms with van der Waals surface area (Å²) in [7, 11) is 0. The van der Waals surface area contributed by atoms with Gasteiger partial charge in [0.15, 0.2) is 18.1 Å². The van der Waals surface area contributed by atoms with Gasteiger partial charge in [0.05, 0.1) is 0 Å². The van der Waals surface area contributed by atoms with Crippen LogP contribution in [0, 0.1) is 0 Å². The summed E-state index contributed by atoms with van der Waals surface area (Å²) >= 11 is 5.83. The van der Waals surface area contributed by atoms with Crippen molar-refractivity contribution in [1.29, 1.82) is 0 Å². The van der Waals surface area contributed by atoms with Gasteiger partial charge in [-0.05, 0) is 29.8 Å². The summed E-state index contributed by atoms with van der Waals surface area (Å²) in [5.74, 6) is -0.296. The lowest BCUT2D eigenvalue weighted by Crippen LogP contribution is -2.14. The maximum atomic E-state index is 11.5. The predicted octanol–water partition coefficient (Wildman–Crippen LogP) is 3.17. The van der Waals surface area contributed by atoms with Gasteiger partial charge in [-0.1, -0.05) is 35.9 Å². The van der Waals surface area contributed by atoms with Gasteiger partial charge in [0.1, 0.15) is 6.61 Å². The Bertz CT molecular complexity index is 598. The summed E-state index contributed by atoms with van der Waals surface area (Å²) < 4.78 is 10.2. The molecule has 0 radical (unpaired) electrons. The lowest BCUT2D eigenvalue weighted by molar-refractivity contribution is -0.147. The van der Waals surface area contributed by atoms with E-state index in [1.165, 1.54) is 6.07 Å². The number of hydrogen-bond acceptors (Lipinski definition) is 4. The first-order valence-corrected chi connectivity index (χ1v) is 6.34. The van der Waals surface area contributed by atoms with E-state index < -0.39 is 5.97 Å². The molecule has 0 atom stereocenters. The van der Waals surface area contributed by atoms with Crippen molar-refractivity contribution in [2.45, 2.75) is 6.61 Å². The van der Waals surface area contributed by atoms with Crippen LogP contribution in [-0.2, 0) is 16.1 Å². The highest BCUT2D eigenvalue weighted by Gasteiger charge is 2.07. The molecule has 0 saturated heterocycles. The van der Waals surface area contributed by atoms with Crippen LogP contribution in [0.1, 0.15) is 5.56 Å². The van der Waals surface area contributed by atoms with E-state index in [1.54, 1.807) is 36.4 Å². The van der Waals surface area contributed by atoms with Crippen molar-refractivity contribution in [2.24, 2.45) is 0 Å². The van der Waals surface area contributed by atoms with Gasteiger partial charge in [-0.15, -0.1) is 0 Å². The van der Waals surface area contributed by atoms with Crippen LogP contribution >= 0.6 is 11.6 Å². The number of phenols is 1. The van der Waals surface area contributed by atoms with Crippen LogP contribution in [0.2, 0.25) is 5.02 Å². The molecule has 4 nitrogen and oxygen atoms in total. The first-order valence-electron chi connectivity index (χ1n) is 5.96. The predicted molar refractivity (Wildman–Crippen MR) is 74.8 cm³/mol. The minimum absolute atomic E-state index is 0.0184. The molecule has 104 valence electrons. The van der Waals surface area contributed by atoms with Gasteiger partial charge in [0.25, 0.3) is 0 Å². The van der Waals surface area contributed by atoms with E-state index in [4.69, 9.17) is 21.1 Å². The van der Waals surface area contributed by atoms with E-state index in [0.717, 1.165) is 5.56 Å². The fraction of sp³-hybridized carbons (Fsp3) is 0.133. The van der Waals surface area contributed by atoms with Gasteiger partial charge in [0.2, 0.25) is 0 Å². The van der Waals surface area contributed by atoms with Crippen LogP contribution in [-0.4, -0.2) is 17.7 Å². The van der Waals surface area contributed by atoms with Crippen LogP contribution in [0.4, 0.5) is 0 Å². The highest BCUT2D eigenvalue weighted by molar-refractivity contribution is 6.30. The normalized spacial score (nSPS) is 10.1. The minimum Gasteiger partial charge on any atom is -0.504 e. The van der Waals surface area contributed by atoms with Gasteiger partial charge in [0, 0.05) is 5.02 Å². The monoisotopic (exact) mass is 292 g/mol. The summed E-state index contributed by atoms with van der Waals surface area (Å²) in [6, 6.07) is 13.5. The van der Waals surface area contributed by atoms with Crippen LogP contribution in [0.25, 0.3) is 0 Å². The molecule has 0 bridgehead atoms. The standard InChI is InChI=1S/C15H13ClO4/c16-12-5-3-4-11(8-12)9-20-15(18)10-19-14-7-2-1-6-13(14)17/h1-8,17H,9-10H2. The molecule has 5 heteroatoms. The molecule has 0 aliphatic heterocycles. The number of phenolic OH excluding ortho intramolecular Hbond substituents is 1. The molecule has 0 aromatic heterocycles. The number of aromatic hydroxyl groups is 1. The van der Waals surface area contributed by atoms with Gasteiger partial charge >= 0.3 is 5.97 Å². The third-order valence-electron chi connectivity index (χ3n) is 2.50. The van der Waals surface area contributed by atoms with E-state index in [2.05, 4.69) is 0 Å². The third kappa shape index (κ3) is 4.17. The van der Waals surface area contributed by atoms with Crippen molar-refractivity contribution in [1.82, 2.24) is 0 Å². The van der Waals surface area contributed by atoms with Gasteiger partial charge in [-0.3, -0.25) is 0 Å².